The summed E-state index contributed by atoms with van der Waals surface area (Å²) in [6.07, 6.45) is 11.1. The van der Waals surface area contributed by atoms with E-state index >= 15 is 0 Å². The Morgan fingerprint density at radius 3 is 1.22 bits per heavy atom. The molecule has 74 heavy (non-hydrogen) atoms. The zero-order valence-corrected chi connectivity index (χ0v) is 46.8. The molecular weight excluding hydrogens is 1030 g/mol. The number of hydrogen-bond acceptors (Lipinski definition) is 13. The maximum absolute atomic E-state index is 12.9. The standard InChI is InChI=1S/C61H56N4O3S6/c1-5-9-11-33(7-3)29-37-15-23-49(69-37)41-19-21-43(57-55(41)62-73-64-57)51-27-25-47(71-51)35-13-17-39-45(31-35)53-40-18-14-36(32-46(40)54(39)60-59(53)67-61(66)68-60)48-26-28-52(72-48)44-22-20-42(56-58(44)65-74-63-56)50-24-16-38(70-50)30-34(8-4)12-10-6-2/h13-28,31-34,53-54,59-60H,5-12,29-30H2,1-4H3. The quantitative estimate of drug-likeness (QED) is 0.0791. The second-order valence-electron chi connectivity index (χ2n) is 20.4. The Bertz CT molecular complexity index is 3470. The lowest BCUT2D eigenvalue weighted by Gasteiger charge is -2.45. The van der Waals surface area contributed by atoms with E-state index in [1.165, 1.54) is 136 Å². The number of nitrogens with zero attached hydrogens (tertiary/aromatic N) is 4. The number of ether oxygens (including phenoxy) is 2. The molecule has 0 N–H and O–H groups in total. The van der Waals surface area contributed by atoms with Crippen molar-refractivity contribution in [2.75, 3.05) is 0 Å². The van der Waals surface area contributed by atoms with E-state index in [-0.39, 0.29) is 24.0 Å². The van der Waals surface area contributed by atoms with Crippen LogP contribution in [0.3, 0.4) is 0 Å². The van der Waals surface area contributed by atoms with Gasteiger partial charge >= 0.3 is 6.16 Å². The number of rotatable bonds is 18. The number of thiophene rings is 4. The molecule has 2 bridgehead atoms. The molecule has 0 saturated carbocycles. The van der Waals surface area contributed by atoms with Gasteiger partial charge in [0.2, 0.25) is 0 Å². The third-order valence-electron chi connectivity index (χ3n) is 16.0. The monoisotopic (exact) mass is 1080 g/mol. The number of carbonyl (C=O) groups is 1. The Kier molecular flexibility index (Phi) is 13.2. The molecule has 3 aliphatic carbocycles. The normalized spacial score (nSPS) is 18.4. The highest BCUT2D eigenvalue weighted by Gasteiger charge is 2.57. The first-order chi connectivity index (χ1) is 36.4. The topological polar surface area (TPSA) is 87.1 Å². The lowest BCUT2D eigenvalue weighted by Crippen LogP contribution is -2.45. The van der Waals surface area contributed by atoms with E-state index in [1.54, 1.807) is 22.7 Å². The molecule has 6 atom stereocenters. The van der Waals surface area contributed by atoms with Crippen LogP contribution in [-0.2, 0) is 22.3 Å². The molecule has 374 valence electrons. The molecule has 7 nitrogen and oxygen atoms in total. The minimum atomic E-state index is -0.580. The number of fused-ring (bicyclic) bond motifs is 2. The summed E-state index contributed by atoms with van der Waals surface area (Å²) >= 11 is 9.96. The number of carbonyl (C=O) groups excluding carboxylic acids is 1. The van der Waals surface area contributed by atoms with Gasteiger partial charge in [0.15, 0.2) is 12.2 Å². The minimum absolute atomic E-state index is 0.137. The van der Waals surface area contributed by atoms with Gasteiger partial charge < -0.3 is 9.47 Å². The van der Waals surface area contributed by atoms with Crippen molar-refractivity contribution >= 4 is 97.0 Å². The summed E-state index contributed by atoms with van der Waals surface area (Å²) in [4.78, 5) is 23.1. The van der Waals surface area contributed by atoms with E-state index < -0.39 is 6.16 Å². The molecule has 1 aliphatic heterocycles. The fourth-order valence-corrected chi connectivity index (χ4v) is 17.5. The number of unbranched alkanes of at least 4 members (excludes halogenated alkanes) is 2. The molecule has 10 aromatic rings. The Morgan fingerprint density at radius 1 is 0.446 bits per heavy atom. The highest BCUT2D eigenvalue weighted by molar-refractivity contribution is 7.19. The smallest absolute Gasteiger partial charge is 0.426 e. The molecule has 7 heterocycles. The van der Waals surface area contributed by atoms with Crippen molar-refractivity contribution in [2.45, 2.75) is 116 Å². The Labute approximate surface area is 457 Å². The molecule has 1 saturated heterocycles. The third kappa shape index (κ3) is 8.59. The van der Waals surface area contributed by atoms with Gasteiger partial charge in [0, 0.05) is 61.3 Å². The van der Waals surface area contributed by atoms with Crippen molar-refractivity contribution in [1.29, 1.82) is 0 Å². The molecule has 0 spiro atoms. The van der Waals surface area contributed by atoms with Crippen molar-refractivity contribution in [3.63, 3.8) is 0 Å². The molecular formula is C61H56N4O3S6. The summed E-state index contributed by atoms with van der Waals surface area (Å²) in [5.41, 5.74) is 15.6. The van der Waals surface area contributed by atoms with Crippen molar-refractivity contribution in [1.82, 2.24) is 17.5 Å². The summed E-state index contributed by atoms with van der Waals surface area (Å²) in [6, 6.07) is 40.8. The fourth-order valence-electron chi connectivity index (χ4n) is 12.0. The number of benzene rings is 4. The van der Waals surface area contributed by atoms with Gasteiger partial charge in [-0.05, 0) is 119 Å². The molecule has 0 amide bonds. The van der Waals surface area contributed by atoms with Crippen LogP contribution in [0, 0.1) is 11.8 Å². The molecule has 4 aliphatic rings. The van der Waals surface area contributed by atoms with Crippen LogP contribution in [0.25, 0.3) is 84.7 Å². The van der Waals surface area contributed by atoms with E-state index in [0.29, 0.717) is 0 Å². The molecule has 0 radical (unpaired) electrons. The average molecular weight is 1090 g/mol. The average Bonchev–Trinajstić information content (AvgIpc) is 4.30. The van der Waals surface area contributed by atoms with E-state index in [2.05, 4.69) is 137 Å². The first kappa shape index (κ1) is 48.2. The van der Waals surface area contributed by atoms with E-state index in [1.807, 2.05) is 22.7 Å². The van der Waals surface area contributed by atoms with Gasteiger partial charge in [0.05, 0.1) is 35.3 Å². The molecule has 4 aromatic carbocycles. The van der Waals surface area contributed by atoms with Crippen molar-refractivity contribution < 1.29 is 14.3 Å². The van der Waals surface area contributed by atoms with Crippen molar-refractivity contribution in [3.05, 3.63) is 141 Å². The largest absolute Gasteiger partial charge is 0.509 e. The van der Waals surface area contributed by atoms with Crippen LogP contribution in [0.2, 0.25) is 0 Å². The van der Waals surface area contributed by atoms with Crippen LogP contribution < -0.4 is 0 Å². The maximum atomic E-state index is 12.9. The van der Waals surface area contributed by atoms with Gasteiger partial charge in [-0.3, -0.25) is 0 Å². The Hall–Kier alpha value is -5.41. The van der Waals surface area contributed by atoms with Crippen LogP contribution in [0.5, 0.6) is 0 Å². The number of aromatic nitrogens is 4. The van der Waals surface area contributed by atoms with Crippen LogP contribution in [0.4, 0.5) is 4.79 Å². The second-order valence-corrected chi connectivity index (χ2v) is 26.0. The van der Waals surface area contributed by atoms with Crippen LogP contribution in [0.15, 0.2) is 109 Å². The van der Waals surface area contributed by atoms with Gasteiger partial charge in [-0.15, -0.1) is 45.3 Å². The maximum Gasteiger partial charge on any atom is 0.509 e. The second kappa shape index (κ2) is 20.3. The SMILES string of the molecule is CCCCC(CC)Cc1ccc(-c2ccc(-c3ccc(-c4ccc5c(c4)C4c6ccc(-c7ccc(-c8ccc(-c9ccc(CC(CC)CCCC)s9)c9nsnc89)s7)cc6C5C5OC(=O)OC45)s3)c3nsnc23)s1. The third-order valence-corrected chi connectivity index (χ3v) is 21.7. The molecule has 13 heteroatoms. The lowest BCUT2D eigenvalue weighted by atomic mass is 9.60. The van der Waals surface area contributed by atoms with E-state index in [4.69, 9.17) is 27.0 Å². The van der Waals surface area contributed by atoms with Gasteiger partial charge in [-0.1, -0.05) is 128 Å². The zero-order valence-electron chi connectivity index (χ0n) is 41.9. The van der Waals surface area contributed by atoms with E-state index in [0.717, 1.165) is 80.1 Å². The van der Waals surface area contributed by atoms with Crippen LogP contribution in [0.1, 0.15) is 123 Å². The number of hydrogen-bond donors (Lipinski definition) is 0. The van der Waals surface area contributed by atoms with Crippen LogP contribution >= 0.6 is 68.8 Å². The van der Waals surface area contributed by atoms with Crippen molar-refractivity contribution in [2.24, 2.45) is 11.8 Å². The summed E-state index contributed by atoms with van der Waals surface area (Å²) in [5, 5.41) is 0. The zero-order chi connectivity index (χ0) is 50.0. The predicted octanol–water partition coefficient (Wildman–Crippen LogP) is 19.0. The molecule has 14 rings (SSSR count). The first-order valence-electron chi connectivity index (χ1n) is 26.4. The predicted molar refractivity (Wildman–Crippen MR) is 312 cm³/mol. The summed E-state index contributed by atoms with van der Waals surface area (Å²) in [6.45, 7) is 9.22. The molecule has 6 aromatic heterocycles. The summed E-state index contributed by atoms with van der Waals surface area (Å²) in [7, 11) is 0. The minimum Gasteiger partial charge on any atom is -0.426 e. The van der Waals surface area contributed by atoms with Gasteiger partial charge in [0.1, 0.15) is 22.1 Å². The Balaban J connectivity index is 0.765. The fraction of sp³-hybridized carbons (Fsp3) is 0.328. The molecule has 1 fully saturated rings. The lowest BCUT2D eigenvalue weighted by molar-refractivity contribution is 0.103. The van der Waals surface area contributed by atoms with Gasteiger partial charge in [-0.2, -0.15) is 17.5 Å². The van der Waals surface area contributed by atoms with Crippen molar-refractivity contribution in [3.8, 4) is 62.6 Å². The molecule has 6 unspecified atom stereocenters. The highest BCUT2D eigenvalue weighted by atomic mass is 32.1. The summed E-state index contributed by atoms with van der Waals surface area (Å²) < 4.78 is 31.5. The summed E-state index contributed by atoms with van der Waals surface area (Å²) in [5.74, 6) is 1.20. The highest BCUT2D eigenvalue weighted by Crippen LogP contribution is 2.58. The Morgan fingerprint density at radius 2 is 0.824 bits per heavy atom. The van der Waals surface area contributed by atoms with Gasteiger partial charge in [-0.25, -0.2) is 4.79 Å². The van der Waals surface area contributed by atoms with E-state index in [9.17, 15) is 4.79 Å². The van der Waals surface area contributed by atoms with Gasteiger partial charge in [0.25, 0.3) is 0 Å². The van der Waals surface area contributed by atoms with Crippen LogP contribution in [-0.4, -0.2) is 35.9 Å². The first-order valence-corrected chi connectivity index (χ1v) is 31.1.